The highest BCUT2D eigenvalue weighted by atomic mass is 16.5. The van der Waals surface area contributed by atoms with Gasteiger partial charge in [0.15, 0.2) is 0 Å². The number of rotatable bonds is 8. The highest BCUT2D eigenvalue weighted by Gasteiger charge is 2.53. The molecule has 0 N–H and O–H groups in total. The molecule has 0 aromatic rings. The first-order chi connectivity index (χ1) is 16.3. The molecule has 0 bridgehead atoms. The van der Waals surface area contributed by atoms with E-state index < -0.39 is 0 Å². The summed E-state index contributed by atoms with van der Waals surface area (Å²) in [6.45, 7) is 23.7. The standard InChI is InChI=1S/C33H56O2/c1-22-19-26(21-30(34-10)24(22)3)20-23(2)27-13-12-16-33(9)28(14-15-29(27)33)25(4)31(5,6)17-18-32(7,8)35-11/h20,22,25,28-30H,3,12-19,21H2,1-2,4-11H3/b26-20-,27-23+/t22-,25+,28?,29?,30-,33-/m1/s1. The number of allylic oxidation sites excluding steroid dienone is 3. The van der Waals surface area contributed by atoms with Crippen LogP contribution >= 0.6 is 0 Å². The molecule has 3 aliphatic carbocycles. The normalized spacial score (nSPS) is 35.8. The molecule has 0 amide bonds. The molecule has 0 radical (unpaired) electrons. The first-order valence-corrected chi connectivity index (χ1v) is 14.4. The molecule has 0 saturated heterocycles. The Kier molecular flexibility index (Phi) is 8.91. The first kappa shape index (κ1) is 28.7. The van der Waals surface area contributed by atoms with Crippen molar-refractivity contribution >= 4 is 0 Å². The predicted octanol–water partition coefficient (Wildman–Crippen LogP) is 9.31. The molecule has 0 heterocycles. The maximum Gasteiger partial charge on any atom is 0.0818 e. The Balaban J connectivity index is 1.81. The van der Waals surface area contributed by atoms with Crippen LogP contribution in [0.5, 0.6) is 0 Å². The average Bonchev–Trinajstić information content (AvgIpc) is 3.16. The lowest BCUT2D eigenvalue weighted by Gasteiger charge is -2.48. The summed E-state index contributed by atoms with van der Waals surface area (Å²) in [4.78, 5) is 0. The van der Waals surface area contributed by atoms with Crippen molar-refractivity contribution in [1.82, 2.24) is 0 Å². The summed E-state index contributed by atoms with van der Waals surface area (Å²) >= 11 is 0. The Morgan fingerprint density at radius 3 is 2.46 bits per heavy atom. The van der Waals surface area contributed by atoms with E-state index in [1.807, 2.05) is 14.2 Å². The van der Waals surface area contributed by atoms with E-state index in [0.29, 0.717) is 16.7 Å². The number of hydrogen-bond acceptors (Lipinski definition) is 2. The Bertz CT molecular complexity index is 828. The zero-order valence-electron chi connectivity index (χ0n) is 24.9. The fraction of sp³-hybridized carbons (Fsp3) is 0.818. The molecule has 0 aromatic heterocycles. The van der Waals surface area contributed by atoms with Crippen LogP contribution in [0.1, 0.15) is 113 Å². The third kappa shape index (κ3) is 6.01. The molecule has 2 heteroatoms. The summed E-state index contributed by atoms with van der Waals surface area (Å²) in [5.41, 5.74) is 6.87. The maximum absolute atomic E-state index is 5.77. The van der Waals surface area contributed by atoms with Crippen LogP contribution in [0.2, 0.25) is 0 Å². The van der Waals surface area contributed by atoms with E-state index in [1.165, 1.54) is 44.1 Å². The fourth-order valence-corrected chi connectivity index (χ4v) is 7.87. The van der Waals surface area contributed by atoms with Crippen molar-refractivity contribution in [2.45, 2.75) is 125 Å². The zero-order valence-corrected chi connectivity index (χ0v) is 24.9. The van der Waals surface area contributed by atoms with Gasteiger partial charge >= 0.3 is 0 Å². The lowest BCUT2D eigenvalue weighted by atomic mass is 9.56. The minimum atomic E-state index is -0.0325. The van der Waals surface area contributed by atoms with Gasteiger partial charge in [-0.3, -0.25) is 0 Å². The summed E-state index contributed by atoms with van der Waals surface area (Å²) in [5.74, 6) is 2.79. The van der Waals surface area contributed by atoms with E-state index >= 15 is 0 Å². The summed E-state index contributed by atoms with van der Waals surface area (Å²) in [7, 11) is 3.69. The SMILES string of the molecule is C=C1[C@H](C)C/C(=C/C(C)=C2\CCC[C@@]3(C)C2CCC3[C@H](C)C(C)(C)CCC(C)(C)OC)C[C@H]1OC. The maximum atomic E-state index is 5.77. The summed E-state index contributed by atoms with van der Waals surface area (Å²) in [6, 6.07) is 0. The highest BCUT2D eigenvalue weighted by molar-refractivity contribution is 5.35. The Labute approximate surface area is 218 Å². The van der Waals surface area contributed by atoms with Crippen LogP contribution in [0.4, 0.5) is 0 Å². The van der Waals surface area contributed by atoms with Crippen molar-refractivity contribution in [1.29, 1.82) is 0 Å². The molecular weight excluding hydrogens is 428 g/mol. The average molecular weight is 485 g/mol. The zero-order chi connectivity index (χ0) is 26.2. The van der Waals surface area contributed by atoms with Crippen LogP contribution in [0.3, 0.4) is 0 Å². The lowest BCUT2D eigenvalue weighted by molar-refractivity contribution is -0.0117. The van der Waals surface area contributed by atoms with Gasteiger partial charge < -0.3 is 9.47 Å². The fourth-order valence-electron chi connectivity index (χ4n) is 7.87. The van der Waals surface area contributed by atoms with Gasteiger partial charge in [-0.1, -0.05) is 64.0 Å². The molecule has 0 aromatic carbocycles. The van der Waals surface area contributed by atoms with Gasteiger partial charge in [-0.05, 0) is 119 Å². The topological polar surface area (TPSA) is 18.5 Å². The highest BCUT2D eigenvalue weighted by Crippen LogP contribution is 2.62. The van der Waals surface area contributed by atoms with Gasteiger partial charge in [-0.15, -0.1) is 0 Å². The van der Waals surface area contributed by atoms with Crippen LogP contribution in [0, 0.1) is 34.5 Å². The van der Waals surface area contributed by atoms with Crippen LogP contribution in [0.25, 0.3) is 0 Å². The molecule has 2 unspecified atom stereocenters. The lowest BCUT2D eigenvalue weighted by Crippen LogP contribution is -2.41. The molecule has 35 heavy (non-hydrogen) atoms. The van der Waals surface area contributed by atoms with Crippen LogP contribution in [-0.2, 0) is 9.47 Å². The van der Waals surface area contributed by atoms with Gasteiger partial charge in [0, 0.05) is 14.2 Å². The largest absolute Gasteiger partial charge is 0.379 e. The van der Waals surface area contributed by atoms with Gasteiger partial charge in [0.25, 0.3) is 0 Å². The molecule has 0 aliphatic heterocycles. The van der Waals surface area contributed by atoms with Crippen molar-refractivity contribution in [3.05, 3.63) is 34.9 Å². The third-order valence-corrected chi connectivity index (χ3v) is 11.0. The first-order valence-electron chi connectivity index (χ1n) is 14.4. The molecular formula is C33H56O2. The van der Waals surface area contributed by atoms with Crippen molar-refractivity contribution in [3.63, 3.8) is 0 Å². The van der Waals surface area contributed by atoms with E-state index in [9.17, 15) is 0 Å². The number of methoxy groups -OCH3 is 2. The van der Waals surface area contributed by atoms with E-state index in [4.69, 9.17) is 9.47 Å². The summed E-state index contributed by atoms with van der Waals surface area (Å²) in [5, 5.41) is 0. The van der Waals surface area contributed by atoms with E-state index in [2.05, 4.69) is 68.0 Å². The molecule has 0 spiro atoms. The van der Waals surface area contributed by atoms with E-state index in [0.717, 1.165) is 37.0 Å². The molecule has 200 valence electrons. The van der Waals surface area contributed by atoms with E-state index in [1.54, 1.807) is 16.7 Å². The predicted molar refractivity (Wildman–Crippen MR) is 151 cm³/mol. The molecule has 3 rings (SSSR count). The van der Waals surface area contributed by atoms with Crippen molar-refractivity contribution in [2.24, 2.45) is 34.5 Å². The second-order valence-corrected chi connectivity index (χ2v) is 14.0. The van der Waals surface area contributed by atoms with Crippen molar-refractivity contribution in [2.75, 3.05) is 14.2 Å². The molecule has 3 fully saturated rings. The molecule has 3 saturated carbocycles. The van der Waals surface area contributed by atoms with Crippen LogP contribution < -0.4 is 0 Å². The van der Waals surface area contributed by atoms with Gasteiger partial charge in [0.05, 0.1) is 11.7 Å². The van der Waals surface area contributed by atoms with Crippen molar-refractivity contribution in [3.8, 4) is 0 Å². The minimum absolute atomic E-state index is 0.0325. The number of ether oxygens (including phenoxy) is 2. The van der Waals surface area contributed by atoms with Crippen LogP contribution in [0.15, 0.2) is 34.9 Å². The second kappa shape index (κ2) is 10.9. The second-order valence-electron chi connectivity index (χ2n) is 14.0. The quantitative estimate of drug-likeness (QED) is 0.319. The smallest absolute Gasteiger partial charge is 0.0818 e. The van der Waals surface area contributed by atoms with Gasteiger partial charge in [0.1, 0.15) is 0 Å². The minimum Gasteiger partial charge on any atom is -0.379 e. The van der Waals surface area contributed by atoms with Crippen molar-refractivity contribution < 1.29 is 9.47 Å². The number of fused-ring (bicyclic) bond motifs is 1. The monoisotopic (exact) mass is 484 g/mol. The third-order valence-electron chi connectivity index (χ3n) is 11.0. The summed E-state index contributed by atoms with van der Waals surface area (Å²) in [6.07, 6.45) is 14.0. The van der Waals surface area contributed by atoms with Gasteiger partial charge in [0.2, 0.25) is 0 Å². The molecule has 6 atom stereocenters. The van der Waals surface area contributed by atoms with Gasteiger partial charge in [-0.2, -0.15) is 0 Å². The molecule has 2 nitrogen and oxygen atoms in total. The van der Waals surface area contributed by atoms with Gasteiger partial charge in [-0.25, -0.2) is 0 Å². The number of hydrogen-bond donors (Lipinski definition) is 0. The summed E-state index contributed by atoms with van der Waals surface area (Å²) < 4.78 is 11.5. The Morgan fingerprint density at radius 2 is 1.83 bits per heavy atom. The Morgan fingerprint density at radius 1 is 1.14 bits per heavy atom. The van der Waals surface area contributed by atoms with Crippen LogP contribution in [-0.4, -0.2) is 25.9 Å². The Hall–Kier alpha value is -0.860. The molecule has 3 aliphatic rings. The van der Waals surface area contributed by atoms with E-state index in [-0.39, 0.29) is 11.7 Å².